The van der Waals surface area contributed by atoms with Gasteiger partial charge in [0.2, 0.25) is 0 Å². The second kappa shape index (κ2) is 9.37. The summed E-state index contributed by atoms with van der Waals surface area (Å²) in [6, 6.07) is 15.9. The minimum Gasteiger partial charge on any atom is -0.494 e. The summed E-state index contributed by atoms with van der Waals surface area (Å²) in [6.07, 6.45) is 5.80. The normalized spacial score (nSPS) is 13.5. The lowest BCUT2D eigenvalue weighted by atomic mass is 9.86. The fraction of sp³-hybridized carbons (Fsp3) is 0.241. The molecule has 0 radical (unpaired) electrons. The molecule has 0 atom stereocenters. The molecule has 4 aromatic rings. The molecule has 5 nitrogen and oxygen atoms in total. The van der Waals surface area contributed by atoms with Crippen LogP contribution < -0.4 is 4.74 Å². The van der Waals surface area contributed by atoms with Crippen LogP contribution in [0.15, 0.2) is 60.9 Å². The van der Waals surface area contributed by atoms with Gasteiger partial charge < -0.3 is 13.9 Å². The Labute approximate surface area is 203 Å². The van der Waals surface area contributed by atoms with E-state index in [1.807, 2.05) is 36.5 Å². The van der Waals surface area contributed by atoms with E-state index < -0.39 is 5.97 Å². The summed E-state index contributed by atoms with van der Waals surface area (Å²) in [5.41, 5.74) is 7.81. The molecule has 0 unspecified atom stereocenters. The number of ether oxygens (including phenoxy) is 2. The van der Waals surface area contributed by atoms with Crippen LogP contribution in [0.25, 0.3) is 16.8 Å². The number of allylic oxidation sites excluding steroid dienone is 1. The highest BCUT2D eigenvalue weighted by molar-refractivity contribution is 6.01. The number of aryl methyl sites for hydroxylation is 1. The van der Waals surface area contributed by atoms with E-state index >= 15 is 4.39 Å². The highest BCUT2D eigenvalue weighted by Crippen LogP contribution is 2.42. The van der Waals surface area contributed by atoms with E-state index in [0.717, 1.165) is 35.1 Å². The van der Waals surface area contributed by atoms with Crippen molar-refractivity contribution >= 4 is 22.8 Å². The van der Waals surface area contributed by atoms with Crippen LogP contribution in [0.3, 0.4) is 0 Å². The van der Waals surface area contributed by atoms with Crippen LogP contribution >= 0.6 is 0 Å². The summed E-state index contributed by atoms with van der Waals surface area (Å²) in [7, 11) is 1.49. The van der Waals surface area contributed by atoms with Gasteiger partial charge in [0.25, 0.3) is 0 Å². The summed E-state index contributed by atoms with van der Waals surface area (Å²) in [6.45, 7) is 4.16. The molecule has 0 bridgehead atoms. The predicted molar refractivity (Wildman–Crippen MR) is 134 cm³/mol. The quantitative estimate of drug-likeness (QED) is 0.323. The Balaban J connectivity index is 1.77. The van der Waals surface area contributed by atoms with Gasteiger partial charge in [-0.1, -0.05) is 30.3 Å². The van der Waals surface area contributed by atoms with E-state index in [9.17, 15) is 4.79 Å². The molecular weight excluding hydrogens is 443 g/mol. The number of halogens is 1. The van der Waals surface area contributed by atoms with Gasteiger partial charge in [0.1, 0.15) is 5.65 Å². The standard InChI is InChI=1S/C29H27FN2O3/c1-4-35-29(33)24-17-32-15-14-19(16-26(32)31-24)27-21(20-9-6-5-8-18(20)2)10-7-11-23-22(27)12-13-25(34-3)28(23)30/h5-6,8-9,12-17H,4,7,10-11H2,1-3H3. The van der Waals surface area contributed by atoms with Gasteiger partial charge in [-0.2, -0.15) is 0 Å². The highest BCUT2D eigenvalue weighted by atomic mass is 19.1. The van der Waals surface area contributed by atoms with Crippen molar-refractivity contribution in [3.63, 3.8) is 0 Å². The van der Waals surface area contributed by atoms with Gasteiger partial charge in [-0.05, 0) is 90.3 Å². The maximum Gasteiger partial charge on any atom is 0.358 e. The summed E-state index contributed by atoms with van der Waals surface area (Å²) in [4.78, 5) is 16.7. The van der Waals surface area contributed by atoms with Crippen molar-refractivity contribution in [2.75, 3.05) is 13.7 Å². The number of imidazole rings is 1. The maximum absolute atomic E-state index is 15.4. The molecule has 0 spiro atoms. The largest absolute Gasteiger partial charge is 0.494 e. The minimum absolute atomic E-state index is 0.255. The highest BCUT2D eigenvalue weighted by Gasteiger charge is 2.25. The van der Waals surface area contributed by atoms with Crippen molar-refractivity contribution in [2.45, 2.75) is 33.1 Å². The van der Waals surface area contributed by atoms with Gasteiger partial charge in [0, 0.05) is 12.4 Å². The van der Waals surface area contributed by atoms with Crippen LogP contribution in [-0.4, -0.2) is 29.1 Å². The van der Waals surface area contributed by atoms with Crippen molar-refractivity contribution in [3.05, 3.63) is 100 Å². The minimum atomic E-state index is -0.452. The van der Waals surface area contributed by atoms with Gasteiger partial charge in [-0.15, -0.1) is 0 Å². The van der Waals surface area contributed by atoms with Gasteiger partial charge in [-0.3, -0.25) is 0 Å². The summed E-state index contributed by atoms with van der Waals surface area (Å²) < 4.78 is 27.6. The molecule has 6 heteroatoms. The fourth-order valence-electron chi connectivity index (χ4n) is 4.92. The molecule has 0 amide bonds. The van der Waals surface area contributed by atoms with E-state index in [0.29, 0.717) is 17.6 Å². The molecule has 0 fully saturated rings. The number of fused-ring (bicyclic) bond motifs is 2. The molecule has 5 rings (SSSR count). The Morgan fingerprint density at radius 1 is 1.11 bits per heavy atom. The van der Waals surface area contributed by atoms with Crippen molar-refractivity contribution < 1.29 is 18.7 Å². The maximum atomic E-state index is 15.4. The lowest BCUT2D eigenvalue weighted by Gasteiger charge is -2.19. The summed E-state index contributed by atoms with van der Waals surface area (Å²) in [5.74, 6) is -0.503. The molecule has 1 aliphatic rings. The Morgan fingerprint density at radius 2 is 1.94 bits per heavy atom. The van der Waals surface area contributed by atoms with E-state index in [2.05, 4.69) is 24.0 Å². The SMILES string of the molecule is CCOC(=O)c1cn2ccc(C3=C(c4ccccc4C)CCCc4c3ccc(OC)c4F)cc2n1. The van der Waals surface area contributed by atoms with Crippen LogP contribution in [0.1, 0.15) is 58.1 Å². The smallest absolute Gasteiger partial charge is 0.358 e. The van der Waals surface area contributed by atoms with Crippen molar-refractivity contribution in [2.24, 2.45) is 0 Å². The first-order chi connectivity index (χ1) is 17.0. The van der Waals surface area contributed by atoms with Crippen LogP contribution in [0.5, 0.6) is 5.75 Å². The van der Waals surface area contributed by atoms with Gasteiger partial charge >= 0.3 is 5.97 Å². The molecule has 178 valence electrons. The first-order valence-corrected chi connectivity index (χ1v) is 11.8. The molecule has 1 aliphatic carbocycles. The lowest BCUT2D eigenvalue weighted by molar-refractivity contribution is 0.0520. The third-order valence-electron chi connectivity index (χ3n) is 6.56. The van der Waals surface area contributed by atoms with Gasteiger partial charge in [-0.25, -0.2) is 14.2 Å². The number of hydrogen-bond acceptors (Lipinski definition) is 4. The molecule has 2 aromatic carbocycles. The van der Waals surface area contributed by atoms with E-state index in [1.165, 1.54) is 18.2 Å². The zero-order chi connectivity index (χ0) is 24.5. The molecule has 0 saturated heterocycles. The summed E-state index contributed by atoms with van der Waals surface area (Å²) in [5, 5.41) is 0. The molecule has 0 N–H and O–H groups in total. The zero-order valence-corrected chi connectivity index (χ0v) is 20.1. The van der Waals surface area contributed by atoms with Crippen molar-refractivity contribution in [1.82, 2.24) is 9.38 Å². The van der Waals surface area contributed by atoms with Crippen LogP contribution in [0, 0.1) is 12.7 Å². The number of hydrogen-bond donors (Lipinski definition) is 0. The van der Waals surface area contributed by atoms with Crippen LogP contribution in [0.4, 0.5) is 4.39 Å². The Bertz CT molecular complexity index is 1470. The molecule has 2 heterocycles. The number of nitrogens with zero attached hydrogens (tertiary/aromatic N) is 2. The van der Waals surface area contributed by atoms with Crippen LogP contribution in [-0.2, 0) is 11.2 Å². The van der Waals surface area contributed by atoms with E-state index in [1.54, 1.807) is 23.6 Å². The Hall–Kier alpha value is -3.93. The number of pyridine rings is 1. The third kappa shape index (κ3) is 4.09. The van der Waals surface area contributed by atoms with Crippen molar-refractivity contribution in [3.8, 4) is 5.75 Å². The lowest BCUT2D eigenvalue weighted by Crippen LogP contribution is -2.04. The molecule has 35 heavy (non-hydrogen) atoms. The number of methoxy groups -OCH3 is 1. The number of esters is 1. The number of aromatic nitrogens is 2. The first-order valence-electron chi connectivity index (χ1n) is 11.8. The first kappa shape index (κ1) is 22.8. The number of benzene rings is 2. The second-order valence-electron chi connectivity index (χ2n) is 8.66. The van der Waals surface area contributed by atoms with Crippen molar-refractivity contribution in [1.29, 1.82) is 0 Å². The summed E-state index contributed by atoms with van der Waals surface area (Å²) >= 11 is 0. The van der Waals surface area contributed by atoms with Gasteiger partial charge in [0.05, 0.1) is 13.7 Å². The average Bonchev–Trinajstić information content (AvgIpc) is 3.19. The Kier molecular flexibility index (Phi) is 6.12. The molecule has 0 saturated carbocycles. The number of carbonyl (C=O) groups excluding carboxylic acids is 1. The van der Waals surface area contributed by atoms with E-state index in [-0.39, 0.29) is 23.9 Å². The average molecular weight is 471 g/mol. The van der Waals surface area contributed by atoms with E-state index in [4.69, 9.17) is 9.47 Å². The molecule has 2 aromatic heterocycles. The predicted octanol–water partition coefficient (Wildman–Crippen LogP) is 6.26. The second-order valence-corrected chi connectivity index (χ2v) is 8.66. The van der Waals surface area contributed by atoms with Gasteiger partial charge in [0.15, 0.2) is 17.3 Å². The number of carbonyl (C=O) groups is 1. The third-order valence-corrected chi connectivity index (χ3v) is 6.56. The topological polar surface area (TPSA) is 52.8 Å². The number of rotatable bonds is 5. The monoisotopic (exact) mass is 470 g/mol. The fourth-order valence-corrected chi connectivity index (χ4v) is 4.92. The molecular formula is C29H27FN2O3. The zero-order valence-electron chi connectivity index (χ0n) is 20.1. The Morgan fingerprint density at radius 3 is 2.71 bits per heavy atom. The molecule has 0 aliphatic heterocycles. The van der Waals surface area contributed by atoms with Crippen LogP contribution in [0.2, 0.25) is 0 Å².